The summed E-state index contributed by atoms with van der Waals surface area (Å²) in [4.78, 5) is 29.5. The number of rotatable bonds is 7. The van der Waals surface area contributed by atoms with Crippen molar-refractivity contribution in [2.45, 2.75) is 43.9 Å². The number of hydrogen-bond acceptors (Lipinski definition) is 6. The highest BCUT2D eigenvalue weighted by atomic mass is 32.2. The van der Waals surface area contributed by atoms with Crippen molar-refractivity contribution >= 4 is 43.3 Å². The molecule has 0 N–H and O–H groups in total. The molecule has 0 aliphatic rings. The van der Waals surface area contributed by atoms with E-state index in [9.17, 15) is 18.0 Å². The minimum Gasteiger partial charge on any atom is -0.465 e. The van der Waals surface area contributed by atoms with Crippen molar-refractivity contribution in [3.8, 4) is 0 Å². The van der Waals surface area contributed by atoms with Gasteiger partial charge in [0.25, 0.3) is 5.91 Å². The maximum atomic E-state index is 12.6. The second kappa shape index (κ2) is 9.57. The van der Waals surface area contributed by atoms with E-state index >= 15 is 0 Å². The molecule has 0 spiro atoms. The van der Waals surface area contributed by atoms with Crippen LogP contribution in [0.15, 0.2) is 58.4 Å². The van der Waals surface area contributed by atoms with Crippen LogP contribution in [0.2, 0.25) is 0 Å². The molecule has 0 fully saturated rings. The molecular weight excluding hydrogens is 436 g/mol. The minimum absolute atomic E-state index is 0.0235. The summed E-state index contributed by atoms with van der Waals surface area (Å²) in [5, 5.41) is -0.516. The van der Waals surface area contributed by atoms with Crippen LogP contribution in [-0.4, -0.2) is 36.7 Å². The molecule has 1 aromatic heterocycles. The summed E-state index contributed by atoms with van der Waals surface area (Å²) in [6.07, 6.45) is 0.0235. The van der Waals surface area contributed by atoms with E-state index in [2.05, 4.69) is 4.99 Å². The molecule has 0 aliphatic carbocycles. The van der Waals surface area contributed by atoms with Crippen molar-refractivity contribution in [1.29, 1.82) is 0 Å². The Morgan fingerprint density at radius 2 is 1.77 bits per heavy atom. The van der Waals surface area contributed by atoms with Crippen LogP contribution in [0.3, 0.4) is 0 Å². The molecule has 0 saturated carbocycles. The first-order valence-electron chi connectivity index (χ1n) is 9.86. The normalized spacial score (nSPS) is 12.5. The summed E-state index contributed by atoms with van der Waals surface area (Å²) in [6, 6.07) is 13.8. The summed E-state index contributed by atoms with van der Waals surface area (Å²) in [7, 11) is -3.36. The number of carbonyl (C=O) groups is 2. The van der Waals surface area contributed by atoms with Crippen LogP contribution in [0.5, 0.6) is 0 Å². The van der Waals surface area contributed by atoms with Gasteiger partial charge in [0, 0.05) is 0 Å². The first kappa shape index (κ1) is 22.9. The summed E-state index contributed by atoms with van der Waals surface area (Å²) >= 11 is 1.32. The number of nitrogens with zero attached hydrogens (tertiary/aromatic N) is 2. The lowest BCUT2D eigenvalue weighted by Gasteiger charge is -2.08. The number of thiazole rings is 1. The highest BCUT2D eigenvalue weighted by Gasteiger charge is 2.19. The van der Waals surface area contributed by atoms with Gasteiger partial charge in [0.05, 0.1) is 33.4 Å². The molecule has 164 valence electrons. The van der Waals surface area contributed by atoms with Gasteiger partial charge < -0.3 is 9.30 Å². The van der Waals surface area contributed by atoms with Crippen LogP contribution in [-0.2, 0) is 37.1 Å². The van der Waals surface area contributed by atoms with Crippen molar-refractivity contribution in [3.05, 3.63) is 58.9 Å². The maximum absolute atomic E-state index is 12.6. The lowest BCUT2D eigenvalue weighted by molar-refractivity contribution is -0.143. The first-order chi connectivity index (χ1) is 14.7. The van der Waals surface area contributed by atoms with Gasteiger partial charge in [-0.25, -0.2) is 8.42 Å². The quantitative estimate of drug-likeness (QED) is 0.505. The van der Waals surface area contributed by atoms with Crippen LogP contribution in [0.25, 0.3) is 10.2 Å². The van der Waals surface area contributed by atoms with E-state index in [1.165, 1.54) is 23.5 Å². The molecule has 2 aromatic carbocycles. The fourth-order valence-electron chi connectivity index (χ4n) is 2.98. The van der Waals surface area contributed by atoms with E-state index in [0.29, 0.717) is 10.4 Å². The predicted octanol–water partition coefficient (Wildman–Crippen LogP) is 3.12. The van der Waals surface area contributed by atoms with E-state index in [0.717, 1.165) is 10.2 Å². The Labute approximate surface area is 184 Å². The largest absolute Gasteiger partial charge is 0.465 e. The Morgan fingerprint density at radius 1 is 1.10 bits per heavy atom. The van der Waals surface area contributed by atoms with Gasteiger partial charge in [0.2, 0.25) is 0 Å². The van der Waals surface area contributed by atoms with E-state index < -0.39 is 21.1 Å². The zero-order chi connectivity index (χ0) is 22.6. The number of amides is 1. The lowest BCUT2D eigenvalue weighted by atomic mass is 10.1. The monoisotopic (exact) mass is 460 g/mol. The molecule has 1 heterocycles. The third-order valence-electron chi connectivity index (χ3n) is 4.63. The number of sulfone groups is 1. The smallest absolute Gasteiger partial charge is 0.326 e. The van der Waals surface area contributed by atoms with Gasteiger partial charge in [0.1, 0.15) is 6.54 Å². The van der Waals surface area contributed by atoms with Crippen molar-refractivity contribution in [2.75, 3.05) is 6.61 Å². The molecule has 0 bridgehead atoms. The fraction of sp³-hybridized carbons (Fsp3) is 0.318. The Hall–Kier alpha value is -2.78. The standard InChI is InChI=1S/C22H24N2O5S2/c1-4-29-21(26)14-24-18-7-5-6-8-19(18)30-22(24)23-20(25)13-16-9-11-17(12-10-16)31(27,28)15(2)3/h5-12,15H,4,13-14H2,1-3H3. The number of ether oxygens (including phenoxy) is 1. The first-order valence-corrected chi connectivity index (χ1v) is 12.2. The van der Waals surface area contributed by atoms with Gasteiger partial charge >= 0.3 is 5.97 Å². The highest BCUT2D eigenvalue weighted by molar-refractivity contribution is 7.92. The second-order valence-electron chi connectivity index (χ2n) is 7.16. The number of esters is 1. The van der Waals surface area contributed by atoms with Crippen molar-refractivity contribution < 1.29 is 22.7 Å². The molecule has 0 radical (unpaired) electrons. The van der Waals surface area contributed by atoms with Crippen molar-refractivity contribution in [2.24, 2.45) is 4.99 Å². The Balaban J connectivity index is 1.88. The van der Waals surface area contributed by atoms with E-state index in [-0.39, 0.29) is 30.4 Å². The topological polar surface area (TPSA) is 94.8 Å². The molecule has 0 saturated heterocycles. The Bertz CT molecular complexity index is 1270. The predicted molar refractivity (Wildman–Crippen MR) is 119 cm³/mol. The summed E-state index contributed by atoms with van der Waals surface area (Å²) in [5.41, 5.74) is 1.46. The summed E-state index contributed by atoms with van der Waals surface area (Å²) < 4.78 is 32.1. The van der Waals surface area contributed by atoms with E-state index in [4.69, 9.17) is 4.74 Å². The number of para-hydroxylation sites is 1. The van der Waals surface area contributed by atoms with Gasteiger partial charge in [-0.1, -0.05) is 35.6 Å². The van der Waals surface area contributed by atoms with Crippen molar-refractivity contribution in [3.63, 3.8) is 0 Å². The van der Waals surface area contributed by atoms with Crippen LogP contribution in [0.4, 0.5) is 0 Å². The van der Waals surface area contributed by atoms with E-state index in [1.54, 1.807) is 37.5 Å². The van der Waals surface area contributed by atoms with Gasteiger partial charge in [0.15, 0.2) is 14.6 Å². The third kappa shape index (κ3) is 5.29. The van der Waals surface area contributed by atoms with Crippen molar-refractivity contribution in [1.82, 2.24) is 4.57 Å². The van der Waals surface area contributed by atoms with Gasteiger partial charge in [-0.05, 0) is 50.6 Å². The number of benzene rings is 2. The third-order valence-corrected chi connectivity index (χ3v) is 7.86. The number of fused-ring (bicyclic) bond motifs is 1. The molecule has 31 heavy (non-hydrogen) atoms. The molecule has 9 heteroatoms. The summed E-state index contributed by atoms with van der Waals surface area (Å²) in [5.74, 6) is -0.787. The highest BCUT2D eigenvalue weighted by Crippen LogP contribution is 2.18. The molecule has 0 atom stereocenters. The number of aromatic nitrogens is 1. The van der Waals surface area contributed by atoms with Gasteiger partial charge in [-0.15, -0.1) is 0 Å². The molecule has 1 amide bonds. The molecule has 7 nitrogen and oxygen atoms in total. The molecular formula is C22H24N2O5S2. The number of hydrogen-bond donors (Lipinski definition) is 0. The maximum Gasteiger partial charge on any atom is 0.326 e. The van der Waals surface area contributed by atoms with Crippen LogP contribution < -0.4 is 4.80 Å². The Morgan fingerprint density at radius 3 is 2.42 bits per heavy atom. The fourth-order valence-corrected chi connectivity index (χ4v) is 5.09. The minimum atomic E-state index is -3.36. The molecule has 0 unspecified atom stereocenters. The lowest BCUT2D eigenvalue weighted by Crippen LogP contribution is -2.23. The average Bonchev–Trinajstić information content (AvgIpc) is 3.05. The average molecular weight is 461 g/mol. The van der Waals surface area contributed by atoms with Crippen LogP contribution >= 0.6 is 11.3 Å². The number of carbonyl (C=O) groups excluding carboxylic acids is 2. The molecule has 3 rings (SSSR count). The zero-order valence-corrected chi connectivity index (χ0v) is 19.2. The van der Waals surface area contributed by atoms with Gasteiger partial charge in [-0.3, -0.25) is 9.59 Å². The summed E-state index contributed by atoms with van der Waals surface area (Å²) in [6.45, 7) is 5.23. The Kier molecular flexibility index (Phi) is 7.07. The zero-order valence-electron chi connectivity index (χ0n) is 17.6. The second-order valence-corrected chi connectivity index (χ2v) is 10.7. The van der Waals surface area contributed by atoms with Crippen LogP contribution in [0.1, 0.15) is 26.3 Å². The van der Waals surface area contributed by atoms with Crippen LogP contribution in [0, 0.1) is 0 Å². The SMILES string of the molecule is CCOC(=O)Cn1c(=NC(=O)Cc2ccc(S(=O)(=O)C(C)C)cc2)sc2ccccc21. The van der Waals surface area contributed by atoms with E-state index in [1.807, 2.05) is 24.3 Å². The molecule has 3 aromatic rings. The molecule has 0 aliphatic heterocycles. The van der Waals surface area contributed by atoms with Gasteiger partial charge in [-0.2, -0.15) is 4.99 Å².